The molecule has 1 aliphatic carbocycles. The van der Waals surface area contributed by atoms with Crippen LogP contribution in [-0.4, -0.2) is 36.6 Å². The number of nitrogens with zero attached hydrogens (tertiary/aromatic N) is 1. The van der Waals surface area contributed by atoms with Crippen molar-refractivity contribution in [1.29, 1.82) is 0 Å². The molecule has 2 aliphatic rings. The minimum atomic E-state index is 0.677. The van der Waals surface area contributed by atoms with Gasteiger partial charge in [0.05, 0.1) is 0 Å². The van der Waals surface area contributed by atoms with Gasteiger partial charge in [-0.15, -0.1) is 0 Å². The first-order valence-corrected chi connectivity index (χ1v) is 6.65. The zero-order valence-electron chi connectivity index (χ0n) is 10.5. The Morgan fingerprint density at radius 3 is 2.20 bits per heavy atom. The summed E-state index contributed by atoms with van der Waals surface area (Å²) in [5, 5.41) is 3.60. The summed E-state index contributed by atoms with van der Waals surface area (Å²) in [6, 6.07) is 1.35. The van der Waals surface area contributed by atoms with Crippen LogP contribution in [-0.2, 0) is 0 Å². The third kappa shape index (κ3) is 2.94. The van der Waals surface area contributed by atoms with E-state index in [1.165, 1.54) is 38.9 Å². The van der Waals surface area contributed by atoms with Crippen LogP contribution in [0, 0.1) is 11.8 Å². The molecule has 2 nitrogen and oxygen atoms in total. The van der Waals surface area contributed by atoms with Crippen molar-refractivity contribution in [2.75, 3.05) is 19.6 Å². The van der Waals surface area contributed by atoms with Crippen LogP contribution in [0.25, 0.3) is 0 Å². The second-order valence-electron chi connectivity index (χ2n) is 5.80. The van der Waals surface area contributed by atoms with Gasteiger partial charge in [-0.05, 0) is 38.5 Å². The summed E-state index contributed by atoms with van der Waals surface area (Å²) in [5.41, 5.74) is 0. The quantitative estimate of drug-likeness (QED) is 0.767. The van der Waals surface area contributed by atoms with E-state index in [-0.39, 0.29) is 0 Å². The monoisotopic (exact) mass is 210 g/mol. The summed E-state index contributed by atoms with van der Waals surface area (Å²) in [5.74, 6) is 2.06. The molecule has 15 heavy (non-hydrogen) atoms. The molecular formula is C13H26N2. The van der Waals surface area contributed by atoms with Gasteiger partial charge in [-0.2, -0.15) is 0 Å². The predicted octanol–water partition coefficient (Wildman–Crippen LogP) is 2.10. The first kappa shape index (κ1) is 11.4. The van der Waals surface area contributed by atoms with Gasteiger partial charge in [-0.3, -0.25) is 4.90 Å². The van der Waals surface area contributed by atoms with Crippen LogP contribution < -0.4 is 5.32 Å². The van der Waals surface area contributed by atoms with E-state index in [1.54, 1.807) is 0 Å². The predicted molar refractivity (Wildman–Crippen MR) is 65.0 cm³/mol. The third-order valence-corrected chi connectivity index (χ3v) is 4.06. The molecule has 0 radical (unpaired) electrons. The maximum Gasteiger partial charge on any atom is 0.0169 e. The summed E-state index contributed by atoms with van der Waals surface area (Å²) in [4.78, 5) is 2.67. The Bertz CT molecular complexity index is 189. The summed E-state index contributed by atoms with van der Waals surface area (Å²) in [7, 11) is 0. The topological polar surface area (TPSA) is 15.3 Å². The molecule has 1 heterocycles. The second-order valence-corrected chi connectivity index (χ2v) is 5.80. The van der Waals surface area contributed by atoms with E-state index in [0.29, 0.717) is 12.1 Å². The normalized spacial score (nSPS) is 42.6. The molecule has 2 unspecified atom stereocenters. The summed E-state index contributed by atoms with van der Waals surface area (Å²) in [6.45, 7) is 10.8. The second kappa shape index (κ2) is 4.84. The van der Waals surface area contributed by atoms with Gasteiger partial charge in [0.25, 0.3) is 0 Å². The van der Waals surface area contributed by atoms with E-state index in [9.17, 15) is 0 Å². The van der Waals surface area contributed by atoms with Crippen LogP contribution in [0.3, 0.4) is 0 Å². The van der Waals surface area contributed by atoms with E-state index >= 15 is 0 Å². The molecule has 1 saturated carbocycles. The number of rotatable bonds is 3. The molecule has 0 aromatic rings. The van der Waals surface area contributed by atoms with Gasteiger partial charge in [0, 0.05) is 31.7 Å². The molecule has 0 aromatic heterocycles. The molecule has 0 spiro atoms. The molecule has 88 valence electrons. The van der Waals surface area contributed by atoms with Gasteiger partial charge in [0.2, 0.25) is 0 Å². The van der Waals surface area contributed by atoms with Crippen molar-refractivity contribution in [2.45, 2.75) is 52.1 Å². The molecule has 0 amide bonds. The highest BCUT2D eigenvalue weighted by atomic mass is 15.2. The Kier molecular flexibility index (Phi) is 3.68. The summed E-state index contributed by atoms with van der Waals surface area (Å²) < 4.78 is 0. The third-order valence-electron chi connectivity index (χ3n) is 4.06. The maximum absolute atomic E-state index is 3.60. The highest BCUT2D eigenvalue weighted by molar-refractivity contribution is 4.86. The van der Waals surface area contributed by atoms with Crippen molar-refractivity contribution in [1.82, 2.24) is 10.2 Å². The lowest BCUT2D eigenvalue weighted by molar-refractivity contribution is 0.0914. The van der Waals surface area contributed by atoms with Gasteiger partial charge in [-0.25, -0.2) is 0 Å². The van der Waals surface area contributed by atoms with Crippen molar-refractivity contribution in [3.8, 4) is 0 Å². The summed E-state index contributed by atoms with van der Waals surface area (Å²) >= 11 is 0. The number of piperazine rings is 1. The lowest BCUT2D eigenvalue weighted by atomic mass is 9.73. The molecule has 0 bridgehead atoms. The van der Waals surface area contributed by atoms with Gasteiger partial charge in [-0.1, -0.05) is 13.3 Å². The minimum absolute atomic E-state index is 0.677. The van der Waals surface area contributed by atoms with E-state index in [1.807, 2.05) is 0 Å². The minimum Gasteiger partial charge on any atom is -0.309 e. The molecule has 1 saturated heterocycles. The zero-order valence-corrected chi connectivity index (χ0v) is 10.5. The fourth-order valence-electron chi connectivity index (χ4n) is 3.31. The average Bonchev–Trinajstić information content (AvgIpc) is 2.08. The maximum atomic E-state index is 3.60. The van der Waals surface area contributed by atoms with E-state index in [0.717, 1.165) is 11.8 Å². The van der Waals surface area contributed by atoms with Crippen LogP contribution in [0.2, 0.25) is 0 Å². The van der Waals surface area contributed by atoms with Crippen LogP contribution in [0.5, 0.6) is 0 Å². The van der Waals surface area contributed by atoms with Crippen molar-refractivity contribution in [2.24, 2.45) is 11.8 Å². The molecule has 1 aliphatic heterocycles. The van der Waals surface area contributed by atoms with E-state index in [2.05, 4.69) is 31.0 Å². The van der Waals surface area contributed by atoms with Crippen LogP contribution in [0.1, 0.15) is 40.0 Å². The van der Waals surface area contributed by atoms with Crippen molar-refractivity contribution in [3.63, 3.8) is 0 Å². The van der Waals surface area contributed by atoms with Gasteiger partial charge >= 0.3 is 0 Å². The van der Waals surface area contributed by atoms with Crippen LogP contribution in [0.15, 0.2) is 0 Å². The highest BCUT2D eigenvalue weighted by Gasteiger charge is 2.30. The zero-order chi connectivity index (χ0) is 10.8. The Balaban J connectivity index is 1.71. The average molecular weight is 210 g/mol. The first-order valence-electron chi connectivity index (χ1n) is 6.65. The number of hydrogen-bond acceptors (Lipinski definition) is 2. The number of hydrogen-bond donors (Lipinski definition) is 1. The molecule has 0 aromatic carbocycles. The summed E-state index contributed by atoms with van der Waals surface area (Å²) in [6.07, 6.45) is 4.37. The van der Waals surface area contributed by atoms with Gasteiger partial charge < -0.3 is 5.32 Å². The molecular weight excluding hydrogens is 184 g/mol. The Morgan fingerprint density at radius 2 is 1.67 bits per heavy atom. The molecule has 2 heteroatoms. The standard InChI is InChI=1S/C13H26N2/c1-4-12-5-13(6-12)9-15-7-10(2)14-11(3)8-15/h10-14H,4-9H2,1-3H3. The largest absolute Gasteiger partial charge is 0.309 e. The van der Waals surface area contributed by atoms with Crippen molar-refractivity contribution < 1.29 is 0 Å². The SMILES string of the molecule is CCC1CC(CN2CC(C)NC(C)C2)C1. The van der Waals surface area contributed by atoms with Crippen LogP contribution in [0.4, 0.5) is 0 Å². The van der Waals surface area contributed by atoms with Crippen LogP contribution >= 0.6 is 0 Å². The number of nitrogens with one attached hydrogen (secondary N) is 1. The highest BCUT2D eigenvalue weighted by Crippen LogP contribution is 2.36. The van der Waals surface area contributed by atoms with Gasteiger partial charge in [0.15, 0.2) is 0 Å². The fourth-order valence-corrected chi connectivity index (χ4v) is 3.31. The lowest BCUT2D eigenvalue weighted by Gasteiger charge is -2.42. The molecule has 2 atom stereocenters. The first-order chi connectivity index (χ1) is 7.17. The lowest BCUT2D eigenvalue weighted by Crippen LogP contribution is -2.55. The molecule has 2 rings (SSSR count). The van der Waals surface area contributed by atoms with E-state index < -0.39 is 0 Å². The fraction of sp³-hybridized carbons (Fsp3) is 1.00. The van der Waals surface area contributed by atoms with Crippen molar-refractivity contribution in [3.05, 3.63) is 0 Å². The Labute approximate surface area is 94.4 Å². The van der Waals surface area contributed by atoms with Crippen molar-refractivity contribution >= 4 is 0 Å². The van der Waals surface area contributed by atoms with Gasteiger partial charge in [0.1, 0.15) is 0 Å². The molecule has 1 N–H and O–H groups in total. The Morgan fingerprint density at radius 1 is 1.07 bits per heavy atom. The molecule has 2 fully saturated rings. The smallest absolute Gasteiger partial charge is 0.0169 e. The Hall–Kier alpha value is -0.0800. The van der Waals surface area contributed by atoms with E-state index in [4.69, 9.17) is 0 Å².